The van der Waals surface area contributed by atoms with Crippen molar-refractivity contribution in [2.75, 3.05) is 0 Å². The van der Waals surface area contributed by atoms with E-state index in [0.29, 0.717) is 16.8 Å². The lowest BCUT2D eigenvalue weighted by Crippen LogP contribution is -2.00. The quantitative estimate of drug-likeness (QED) is 0.233. The monoisotopic (exact) mass is 392 g/mol. The molecule has 0 aliphatic carbocycles. The van der Waals surface area contributed by atoms with Crippen LogP contribution in [0.25, 0.3) is 33.5 Å². The molecule has 0 saturated heterocycles. The smallest absolute Gasteiger partial charge is 0.336 e. The van der Waals surface area contributed by atoms with Crippen molar-refractivity contribution in [2.45, 2.75) is 0 Å². The van der Waals surface area contributed by atoms with Gasteiger partial charge in [0.15, 0.2) is 17.1 Å². The summed E-state index contributed by atoms with van der Waals surface area (Å²) in [6.07, 6.45) is 0. The average Bonchev–Trinajstić information content (AvgIpc) is 3.13. The number of carboxylic acid groups (broad SMARTS) is 1. The minimum absolute atomic E-state index is 0.0836. The number of H-pyrrole nitrogens is 1. The minimum atomic E-state index is -1.22. The predicted molar refractivity (Wildman–Crippen MR) is 102 cm³/mol. The molecule has 0 aliphatic rings. The number of rotatable bonds is 4. The van der Waals surface area contributed by atoms with E-state index in [1.165, 1.54) is 48.5 Å². The normalized spacial score (nSPS) is 10.9. The van der Waals surface area contributed by atoms with Gasteiger partial charge in [-0.05, 0) is 36.4 Å². The van der Waals surface area contributed by atoms with E-state index in [0.717, 1.165) is 0 Å². The first-order valence-electron chi connectivity index (χ1n) is 8.24. The lowest BCUT2D eigenvalue weighted by molar-refractivity contribution is -0.384. The van der Waals surface area contributed by atoms with Gasteiger partial charge in [-0.2, -0.15) is 5.10 Å². The number of carboxylic acids is 1. The van der Waals surface area contributed by atoms with Crippen molar-refractivity contribution < 1.29 is 25.0 Å². The van der Waals surface area contributed by atoms with Gasteiger partial charge < -0.3 is 15.3 Å². The molecule has 0 fully saturated rings. The summed E-state index contributed by atoms with van der Waals surface area (Å²) in [6, 6.07) is 10.9. The Morgan fingerprint density at radius 1 is 1.00 bits per heavy atom. The highest BCUT2D eigenvalue weighted by molar-refractivity contribution is 6.08. The molecule has 0 aliphatic heterocycles. The van der Waals surface area contributed by atoms with Crippen LogP contribution in [0.15, 0.2) is 48.5 Å². The highest BCUT2D eigenvalue weighted by Gasteiger charge is 2.20. The maximum Gasteiger partial charge on any atom is 0.336 e. The molecule has 4 N–H and O–H groups in total. The van der Waals surface area contributed by atoms with E-state index >= 15 is 0 Å². The van der Waals surface area contributed by atoms with Gasteiger partial charge in [0.05, 0.1) is 27.3 Å². The molecule has 2 aromatic carbocycles. The van der Waals surface area contributed by atoms with Crippen LogP contribution in [0, 0.1) is 10.1 Å². The van der Waals surface area contributed by atoms with E-state index in [1.807, 2.05) is 0 Å². The molecule has 2 aromatic heterocycles. The fourth-order valence-corrected chi connectivity index (χ4v) is 2.98. The van der Waals surface area contributed by atoms with Crippen LogP contribution in [0.3, 0.4) is 0 Å². The van der Waals surface area contributed by atoms with E-state index < -0.39 is 10.9 Å². The molecule has 10 nitrogen and oxygen atoms in total. The van der Waals surface area contributed by atoms with Crippen molar-refractivity contribution in [2.24, 2.45) is 0 Å². The van der Waals surface area contributed by atoms with Gasteiger partial charge >= 0.3 is 5.97 Å². The summed E-state index contributed by atoms with van der Waals surface area (Å²) in [5.74, 6) is -1.89. The molecule has 0 atom stereocenters. The molecular weight excluding hydrogens is 380 g/mol. The summed E-state index contributed by atoms with van der Waals surface area (Å²) >= 11 is 0. The zero-order valence-electron chi connectivity index (χ0n) is 14.5. The molecule has 4 rings (SSSR count). The first-order valence-corrected chi connectivity index (χ1v) is 8.24. The third-order valence-corrected chi connectivity index (χ3v) is 4.39. The largest absolute Gasteiger partial charge is 0.504 e. The number of hydrogen-bond donors (Lipinski definition) is 4. The fraction of sp³-hybridized carbons (Fsp3) is 0. The number of nitrogens with one attached hydrogen (secondary N) is 1. The van der Waals surface area contributed by atoms with Gasteiger partial charge in [0.1, 0.15) is 0 Å². The number of pyridine rings is 1. The van der Waals surface area contributed by atoms with Gasteiger partial charge in [0.2, 0.25) is 0 Å². The van der Waals surface area contributed by atoms with Crippen LogP contribution >= 0.6 is 0 Å². The molecule has 0 bridgehead atoms. The second kappa shape index (κ2) is 6.60. The molecule has 0 amide bonds. The average molecular weight is 392 g/mol. The number of aromatic amines is 1. The Morgan fingerprint density at radius 3 is 2.31 bits per heavy atom. The Bertz CT molecular complexity index is 1280. The number of non-ortho nitro benzene ring substituents is 1. The molecule has 144 valence electrons. The number of benzene rings is 2. The molecule has 0 saturated carbocycles. The molecule has 10 heteroatoms. The lowest BCUT2D eigenvalue weighted by Gasteiger charge is -2.07. The summed E-state index contributed by atoms with van der Waals surface area (Å²) in [5, 5.41) is 46.8. The van der Waals surface area contributed by atoms with Gasteiger partial charge in [-0.15, -0.1) is 0 Å². The zero-order chi connectivity index (χ0) is 20.7. The van der Waals surface area contributed by atoms with E-state index in [9.17, 15) is 30.2 Å². The molecule has 29 heavy (non-hydrogen) atoms. The van der Waals surface area contributed by atoms with Crippen LogP contribution in [-0.4, -0.2) is 41.4 Å². The third-order valence-electron chi connectivity index (χ3n) is 4.39. The van der Waals surface area contributed by atoms with Crippen LogP contribution in [0.5, 0.6) is 11.5 Å². The Balaban J connectivity index is 1.90. The molecular formula is C19H12N4O6. The van der Waals surface area contributed by atoms with E-state index in [1.54, 1.807) is 0 Å². The van der Waals surface area contributed by atoms with Crippen LogP contribution in [0.2, 0.25) is 0 Å². The first kappa shape index (κ1) is 17.9. The van der Waals surface area contributed by atoms with Gasteiger partial charge in [0.25, 0.3) is 5.69 Å². The number of carbonyl (C=O) groups is 1. The number of nitrogens with zero attached hydrogens (tertiary/aromatic N) is 3. The number of phenols is 2. The maximum absolute atomic E-state index is 11.9. The number of fused-ring (bicyclic) bond motifs is 1. The highest BCUT2D eigenvalue weighted by atomic mass is 16.6. The van der Waals surface area contributed by atoms with E-state index in [-0.39, 0.29) is 39.5 Å². The SMILES string of the molecule is O=C(O)c1cc(-c2ccc(O)c(O)c2)nc2n[nH]c(-c3ccc([N+](=O)[O-])cc3)c12. The first-order chi connectivity index (χ1) is 13.8. The summed E-state index contributed by atoms with van der Waals surface area (Å²) in [4.78, 5) is 26.5. The van der Waals surface area contributed by atoms with Gasteiger partial charge in [0, 0.05) is 23.3 Å². The zero-order valence-corrected chi connectivity index (χ0v) is 14.5. The molecule has 4 aromatic rings. The van der Waals surface area contributed by atoms with Crippen molar-refractivity contribution in [3.05, 3.63) is 64.2 Å². The number of nitro groups is 1. The summed E-state index contributed by atoms with van der Waals surface area (Å²) in [5.41, 5.74) is 1.46. The van der Waals surface area contributed by atoms with Gasteiger partial charge in [-0.1, -0.05) is 0 Å². The van der Waals surface area contributed by atoms with Crippen LogP contribution < -0.4 is 0 Å². The minimum Gasteiger partial charge on any atom is -0.504 e. The lowest BCUT2D eigenvalue weighted by atomic mass is 10.0. The molecule has 0 radical (unpaired) electrons. The Labute approximate surface area is 161 Å². The Hall–Kier alpha value is -4.47. The second-order valence-corrected chi connectivity index (χ2v) is 6.16. The van der Waals surface area contributed by atoms with E-state index in [2.05, 4.69) is 15.2 Å². The van der Waals surface area contributed by atoms with Gasteiger partial charge in [-0.25, -0.2) is 9.78 Å². The number of aromatic carboxylic acids is 1. The maximum atomic E-state index is 11.9. The highest BCUT2D eigenvalue weighted by Crippen LogP contribution is 2.34. The van der Waals surface area contributed by atoms with Crippen molar-refractivity contribution >= 4 is 22.7 Å². The number of phenolic OH excluding ortho intramolecular Hbond substituents is 2. The van der Waals surface area contributed by atoms with Crippen molar-refractivity contribution in [3.8, 4) is 34.0 Å². The fourth-order valence-electron chi connectivity index (χ4n) is 2.98. The van der Waals surface area contributed by atoms with Crippen LogP contribution in [0.4, 0.5) is 5.69 Å². The molecule has 0 unspecified atom stereocenters. The van der Waals surface area contributed by atoms with Gasteiger partial charge in [-0.3, -0.25) is 15.2 Å². The summed E-state index contributed by atoms with van der Waals surface area (Å²) in [6.45, 7) is 0. The number of nitro benzene ring substituents is 1. The van der Waals surface area contributed by atoms with E-state index in [4.69, 9.17) is 0 Å². The summed E-state index contributed by atoms with van der Waals surface area (Å²) < 4.78 is 0. The Morgan fingerprint density at radius 2 is 1.69 bits per heavy atom. The molecule has 0 spiro atoms. The van der Waals surface area contributed by atoms with Crippen LogP contribution in [0.1, 0.15) is 10.4 Å². The molecule has 2 heterocycles. The van der Waals surface area contributed by atoms with Crippen molar-refractivity contribution in [1.82, 2.24) is 15.2 Å². The number of aromatic hydroxyl groups is 2. The standard InChI is InChI=1S/C19H12N4O6/c24-14-6-3-10(7-15(14)25)13-8-12(19(26)27)16-17(21-22-18(16)20-13)9-1-4-11(5-2-9)23(28)29/h1-8,24-25H,(H,26,27)(H,20,21,22). The third kappa shape index (κ3) is 3.08. The number of aromatic nitrogens is 3. The summed E-state index contributed by atoms with van der Waals surface area (Å²) in [7, 11) is 0. The topological polar surface area (TPSA) is 162 Å². The predicted octanol–water partition coefficient (Wildman–Crippen LogP) is 3.31. The number of hydrogen-bond acceptors (Lipinski definition) is 7. The Kier molecular flexibility index (Phi) is 4.08. The van der Waals surface area contributed by atoms with Crippen molar-refractivity contribution in [3.63, 3.8) is 0 Å². The van der Waals surface area contributed by atoms with Crippen molar-refractivity contribution in [1.29, 1.82) is 0 Å². The second-order valence-electron chi connectivity index (χ2n) is 6.16. The van der Waals surface area contributed by atoms with Crippen LogP contribution in [-0.2, 0) is 0 Å².